The van der Waals surface area contributed by atoms with Crippen molar-refractivity contribution in [1.82, 2.24) is 0 Å². The van der Waals surface area contributed by atoms with E-state index in [0.717, 1.165) is 23.5 Å². The van der Waals surface area contributed by atoms with E-state index in [1.165, 1.54) is 0 Å². The molecule has 2 rings (SSSR count). The highest BCUT2D eigenvalue weighted by molar-refractivity contribution is 5.31. The normalized spacial score (nSPS) is 10.2. The highest BCUT2D eigenvalue weighted by atomic mass is 16.5. The summed E-state index contributed by atoms with van der Waals surface area (Å²) in [5.41, 5.74) is 6.57. The third-order valence-electron chi connectivity index (χ3n) is 2.69. The van der Waals surface area contributed by atoms with Gasteiger partial charge in [-0.2, -0.15) is 0 Å². The Morgan fingerprint density at radius 2 is 1.42 bits per heavy atom. The van der Waals surface area contributed by atoms with Crippen LogP contribution in [0.3, 0.4) is 0 Å². The SMILES string of the molecule is NCCCOc1ccc(OCc2ccccc2)cc1. The summed E-state index contributed by atoms with van der Waals surface area (Å²) in [7, 11) is 0. The predicted molar refractivity (Wildman–Crippen MR) is 76.4 cm³/mol. The molecular formula is C16H19NO2. The molecule has 0 aliphatic heterocycles. The lowest BCUT2D eigenvalue weighted by atomic mass is 10.2. The first kappa shape index (κ1) is 13.4. The van der Waals surface area contributed by atoms with Crippen LogP contribution in [0.5, 0.6) is 11.5 Å². The van der Waals surface area contributed by atoms with Gasteiger partial charge in [-0.3, -0.25) is 0 Å². The Hall–Kier alpha value is -2.00. The molecule has 0 fully saturated rings. The second-order valence-electron chi connectivity index (χ2n) is 4.24. The van der Waals surface area contributed by atoms with E-state index < -0.39 is 0 Å². The van der Waals surface area contributed by atoms with Gasteiger partial charge in [-0.1, -0.05) is 30.3 Å². The molecule has 3 nitrogen and oxygen atoms in total. The fourth-order valence-electron chi connectivity index (χ4n) is 1.65. The van der Waals surface area contributed by atoms with Crippen LogP contribution in [0.4, 0.5) is 0 Å². The van der Waals surface area contributed by atoms with Crippen LogP contribution in [-0.4, -0.2) is 13.2 Å². The molecule has 0 saturated carbocycles. The average molecular weight is 257 g/mol. The Morgan fingerprint density at radius 3 is 2.05 bits per heavy atom. The van der Waals surface area contributed by atoms with Crippen LogP contribution in [0.25, 0.3) is 0 Å². The summed E-state index contributed by atoms with van der Waals surface area (Å²) >= 11 is 0. The molecule has 19 heavy (non-hydrogen) atoms. The molecule has 3 heteroatoms. The molecule has 0 spiro atoms. The molecule has 2 aromatic rings. The van der Waals surface area contributed by atoms with Gasteiger partial charge >= 0.3 is 0 Å². The quantitative estimate of drug-likeness (QED) is 0.775. The van der Waals surface area contributed by atoms with E-state index in [1.54, 1.807) is 0 Å². The lowest BCUT2D eigenvalue weighted by molar-refractivity contribution is 0.300. The lowest BCUT2D eigenvalue weighted by Gasteiger charge is -2.08. The van der Waals surface area contributed by atoms with Crippen molar-refractivity contribution in [1.29, 1.82) is 0 Å². The molecule has 0 unspecified atom stereocenters. The van der Waals surface area contributed by atoms with Gasteiger partial charge in [0.1, 0.15) is 18.1 Å². The monoisotopic (exact) mass is 257 g/mol. The maximum absolute atomic E-state index is 5.70. The summed E-state index contributed by atoms with van der Waals surface area (Å²) in [5, 5.41) is 0. The number of nitrogens with two attached hydrogens (primary N) is 1. The van der Waals surface area contributed by atoms with Crippen molar-refractivity contribution in [3.8, 4) is 11.5 Å². The third kappa shape index (κ3) is 4.64. The van der Waals surface area contributed by atoms with Crippen LogP contribution in [0.1, 0.15) is 12.0 Å². The number of benzene rings is 2. The number of rotatable bonds is 7. The highest BCUT2D eigenvalue weighted by Crippen LogP contribution is 2.18. The molecule has 0 atom stereocenters. The molecule has 0 aliphatic rings. The van der Waals surface area contributed by atoms with Gasteiger partial charge in [0, 0.05) is 0 Å². The van der Waals surface area contributed by atoms with Crippen molar-refractivity contribution in [3.05, 3.63) is 60.2 Å². The fraction of sp³-hybridized carbons (Fsp3) is 0.250. The van der Waals surface area contributed by atoms with Crippen LogP contribution in [0.2, 0.25) is 0 Å². The Labute approximate surface area is 114 Å². The fourth-order valence-corrected chi connectivity index (χ4v) is 1.65. The Bertz CT molecular complexity index is 468. The third-order valence-corrected chi connectivity index (χ3v) is 2.69. The summed E-state index contributed by atoms with van der Waals surface area (Å²) in [5.74, 6) is 1.69. The maximum Gasteiger partial charge on any atom is 0.120 e. The Kier molecular flexibility index (Phi) is 5.26. The first-order valence-electron chi connectivity index (χ1n) is 6.48. The minimum absolute atomic E-state index is 0.578. The molecule has 0 amide bonds. The van der Waals surface area contributed by atoms with Gasteiger partial charge in [-0.25, -0.2) is 0 Å². The van der Waals surface area contributed by atoms with Crippen molar-refractivity contribution >= 4 is 0 Å². The molecule has 0 saturated heterocycles. The van der Waals surface area contributed by atoms with Gasteiger partial charge in [-0.15, -0.1) is 0 Å². The Morgan fingerprint density at radius 1 is 0.789 bits per heavy atom. The summed E-state index contributed by atoms with van der Waals surface area (Å²) in [6.45, 7) is 1.88. The van der Waals surface area contributed by atoms with Gasteiger partial charge in [0.2, 0.25) is 0 Å². The zero-order valence-corrected chi connectivity index (χ0v) is 10.9. The topological polar surface area (TPSA) is 44.5 Å². The molecule has 0 aliphatic carbocycles. The van der Waals surface area contributed by atoms with E-state index in [2.05, 4.69) is 0 Å². The van der Waals surface area contributed by atoms with Gasteiger partial charge in [0.25, 0.3) is 0 Å². The maximum atomic E-state index is 5.70. The van der Waals surface area contributed by atoms with E-state index in [1.807, 2.05) is 54.6 Å². The predicted octanol–water partition coefficient (Wildman–Crippen LogP) is 2.99. The molecular weight excluding hydrogens is 238 g/mol. The van der Waals surface area contributed by atoms with Crippen LogP contribution in [0.15, 0.2) is 54.6 Å². The van der Waals surface area contributed by atoms with Gasteiger partial charge in [0.05, 0.1) is 6.61 Å². The molecule has 2 N–H and O–H groups in total. The molecule has 0 bridgehead atoms. The summed E-state index contributed by atoms with van der Waals surface area (Å²) in [4.78, 5) is 0. The molecule has 0 heterocycles. The largest absolute Gasteiger partial charge is 0.494 e. The van der Waals surface area contributed by atoms with Crippen molar-refractivity contribution in [2.75, 3.05) is 13.2 Å². The van der Waals surface area contributed by atoms with Crippen molar-refractivity contribution in [2.24, 2.45) is 5.73 Å². The van der Waals surface area contributed by atoms with E-state index in [0.29, 0.717) is 19.8 Å². The van der Waals surface area contributed by atoms with Crippen molar-refractivity contribution in [2.45, 2.75) is 13.0 Å². The molecule has 0 aromatic heterocycles. The van der Waals surface area contributed by atoms with E-state index >= 15 is 0 Å². The zero-order valence-electron chi connectivity index (χ0n) is 10.9. The molecule has 0 radical (unpaired) electrons. The first-order chi connectivity index (χ1) is 9.38. The van der Waals surface area contributed by atoms with Crippen LogP contribution in [0, 0.1) is 0 Å². The van der Waals surface area contributed by atoms with E-state index in [-0.39, 0.29) is 0 Å². The summed E-state index contributed by atoms with van der Waals surface area (Å²) in [6, 6.07) is 17.8. The van der Waals surface area contributed by atoms with Crippen molar-refractivity contribution in [3.63, 3.8) is 0 Å². The van der Waals surface area contributed by atoms with Crippen LogP contribution in [-0.2, 0) is 6.61 Å². The lowest BCUT2D eigenvalue weighted by Crippen LogP contribution is -2.06. The Balaban J connectivity index is 1.81. The summed E-state index contributed by atoms with van der Waals surface area (Å²) in [6.07, 6.45) is 0.867. The molecule has 2 aromatic carbocycles. The van der Waals surface area contributed by atoms with Crippen molar-refractivity contribution < 1.29 is 9.47 Å². The van der Waals surface area contributed by atoms with Gasteiger partial charge in [-0.05, 0) is 42.8 Å². The molecule has 100 valence electrons. The standard InChI is InChI=1S/C16H19NO2/c17-11-4-12-18-15-7-9-16(10-8-15)19-13-14-5-2-1-3-6-14/h1-3,5-10H,4,11-13,17H2. The van der Waals surface area contributed by atoms with E-state index in [4.69, 9.17) is 15.2 Å². The highest BCUT2D eigenvalue weighted by Gasteiger charge is 1.97. The number of ether oxygens (including phenoxy) is 2. The smallest absolute Gasteiger partial charge is 0.120 e. The number of hydrogen-bond donors (Lipinski definition) is 1. The first-order valence-corrected chi connectivity index (χ1v) is 6.48. The minimum Gasteiger partial charge on any atom is -0.494 e. The van der Waals surface area contributed by atoms with Gasteiger partial charge < -0.3 is 15.2 Å². The average Bonchev–Trinajstić information content (AvgIpc) is 2.48. The zero-order chi connectivity index (χ0) is 13.3. The van der Waals surface area contributed by atoms with E-state index in [9.17, 15) is 0 Å². The second kappa shape index (κ2) is 7.44. The summed E-state index contributed by atoms with van der Waals surface area (Å²) < 4.78 is 11.2. The van der Waals surface area contributed by atoms with Crippen LogP contribution < -0.4 is 15.2 Å². The second-order valence-corrected chi connectivity index (χ2v) is 4.24. The van der Waals surface area contributed by atoms with Crippen LogP contribution >= 0.6 is 0 Å². The minimum atomic E-state index is 0.578. The van der Waals surface area contributed by atoms with Gasteiger partial charge in [0.15, 0.2) is 0 Å². The number of hydrogen-bond acceptors (Lipinski definition) is 3.